The molecule has 0 saturated heterocycles. The molecule has 152 valence electrons. The van der Waals surface area contributed by atoms with E-state index in [0.29, 0.717) is 6.61 Å². The standard InChI is InChI=1S/C20H31N7O/c1-4-21-20(22-12-13-26(2)17-8-6-5-7-9-17)23-16-10-11-19-24-18(15-28-3)25-27(19)14-16/h5-9,16H,4,10-15H2,1-3H3,(H2,21,22,23). The van der Waals surface area contributed by atoms with Crippen LogP contribution in [-0.2, 0) is 24.3 Å². The fraction of sp³-hybridized carbons (Fsp3) is 0.550. The predicted octanol–water partition coefficient (Wildman–Crippen LogP) is 1.43. The SMILES string of the molecule is CCNC(=NCCN(C)c1ccccc1)NC1CCc2nc(COC)nn2C1. The number of anilines is 1. The van der Waals surface area contributed by atoms with Crippen LogP contribution in [0.1, 0.15) is 25.0 Å². The van der Waals surface area contributed by atoms with Gasteiger partial charge in [0.2, 0.25) is 0 Å². The van der Waals surface area contributed by atoms with Crippen LogP contribution in [0.25, 0.3) is 0 Å². The summed E-state index contributed by atoms with van der Waals surface area (Å²) in [5.41, 5.74) is 1.20. The minimum absolute atomic E-state index is 0.286. The first-order chi connectivity index (χ1) is 13.7. The maximum atomic E-state index is 5.14. The summed E-state index contributed by atoms with van der Waals surface area (Å²) in [5.74, 6) is 2.65. The van der Waals surface area contributed by atoms with Crippen LogP contribution in [0.4, 0.5) is 5.69 Å². The summed E-state index contributed by atoms with van der Waals surface area (Å²) in [6.45, 7) is 5.75. The van der Waals surface area contributed by atoms with E-state index >= 15 is 0 Å². The van der Waals surface area contributed by atoms with Gasteiger partial charge in [0.15, 0.2) is 11.8 Å². The maximum Gasteiger partial charge on any atom is 0.191 e. The molecule has 2 N–H and O–H groups in total. The molecule has 0 aliphatic carbocycles. The molecule has 2 heterocycles. The van der Waals surface area contributed by atoms with E-state index in [2.05, 4.69) is 63.9 Å². The van der Waals surface area contributed by atoms with Gasteiger partial charge in [0.25, 0.3) is 0 Å². The molecular formula is C20H31N7O. The van der Waals surface area contributed by atoms with Crippen molar-refractivity contribution in [3.63, 3.8) is 0 Å². The Morgan fingerprint density at radius 3 is 2.93 bits per heavy atom. The van der Waals surface area contributed by atoms with Gasteiger partial charge in [-0.1, -0.05) is 18.2 Å². The summed E-state index contributed by atoms with van der Waals surface area (Å²) < 4.78 is 7.13. The number of para-hydroxylation sites is 1. The van der Waals surface area contributed by atoms with E-state index in [-0.39, 0.29) is 6.04 Å². The van der Waals surface area contributed by atoms with E-state index in [1.54, 1.807) is 7.11 Å². The fourth-order valence-electron chi connectivity index (χ4n) is 3.31. The van der Waals surface area contributed by atoms with Crippen LogP contribution < -0.4 is 15.5 Å². The van der Waals surface area contributed by atoms with Crippen molar-refractivity contribution in [3.8, 4) is 0 Å². The molecule has 0 radical (unpaired) electrons. The van der Waals surface area contributed by atoms with Crippen molar-refractivity contribution in [1.29, 1.82) is 0 Å². The molecule has 0 saturated carbocycles. The highest BCUT2D eigenvalue weighted by atomic mass is 16.5. The van der Waals surface area contributed by atoms with Gasteiger partial charge in [0, 0.05) is 45.4 Å². The second kappa shape index (κ2) is 10.1. The molecule has 8 nitrogen and oxygen atoms in total. The Hall–Kier alpha value is -2.61. The van der Waals surface area contributed by atoms with Crippen molar-refractivity contribution >= 4 is 11.6 Å². The Balaban J connectivity index is 1.54. The number of methoxy groups -OCH3 is 1. The highest BCUT2D eigenvalue weighted by molar-refractivity contribution is 5.80. The van der Waals surface area contributed by atoms with E-state index in [9.17, 15) is 0 Å². The molecular weight excluding hydrogens is 354 g/mol. The summed E-state index contributed by atoms with van der Waals surface area (Å²) in [4.78, 5) is 11.5. The molecule has 0 amide bonds. The lowest BCUT2D eigenvalue weighted by atomic mass is 10.1. The largest absolute Gasteiger partial charge is 0.377 e. The van der Waals surface area contributed by atoms with Crippen molar-refractivity contribution in [2.75, 3.05) is 38.7 Å². The first kappa shape index (κ1) is 20.1. The Morgan fingerprint density at radius 1 is 1.36 bits per heavy atom. The van der Waals surface area contributed by atoms with Crippen molar-refractivity contribution in [2.24, 2.45) is 4.99 Å². The van der Waals surface area contributed by atoms with Crippen LogP contribution in [0, 0.1) is 0 Å². The fourth-order valence-corrected chi connectivity index (χ4v) is 3.31. The van der Waals surface area contributed by atoms with E-state index in [4.69, 9.17) is 9.73 Å². The average molecular weight is 386 g/mol. The molecule has 1 unspecified atom stereocenters. The molecule has 2 aromatic rings. The molecule has 8 heteroatoms. The lowest BCUT2D eigenvalue weighted by Gasteiger charge is -2.25. The number of ether oxygens (including phenoxy) is 1. The molecule has 0 spiro atoms. The molecule has 0 fully saturated rings. The number of guanidine groups is 1. The summed E-state index contributed by atoms with van der Waals surface area (Å²) >= 11 is 0. The second-order valence-corrected chi connectivity index (χ2v) is 6.96. The van der Waals surface area contributed by atoms with E-state index in [1.807, 2.05) is 10.7 Å². The molecule has 1 aliphatic heterocycles. The molecule has 1 aromatic heterocycles. The third-order valence-corrected chi connectivity index (χ3v) is 4.76. The Kier molecular flexibility index (Phi) is 7.25. The van der Waals surface area contributed by atoms with Crippen molar-refractivity contribution in [2.45, 2.75) is 39.0 Å². The lowest BCUT2D eigenvalue weighted by Crippen LogP contribution is -2.47. The molecule has 1 aliphatic rings. The third-order valence-electron chi connectivity index (χ3n) is 4.76. The van der Waals surface area contributed by atoms with Gasteiger partial charge in [-0.3, -0.25) is 4.99 Å². The van der Waals surface area contributed by atoms with Gasteiger partial charge in [0.05, 0.1) is 13.1 Å². The minimum Gasteiger partial charge on any atom is -0.377 e. The maximum absolute atomic E-state index is 5.14. The van der Waals surface area contributed by atoms with E-state index in [1.165, 1.54) is 5.69 Å². The number of nitrogens with one attached hydrogen (secondary N) is 2. The van der Waals surface area contributed by atoms with Crippen LogP contribution in [0.5, 0.6) is 0 Å². The Morgan fingerprint density at radius 2 is 2.18 bits per heavy atom. The quantitative estimate of drug-likeness (QED) is 0.529. The molecule has 1 aromatic carbocycles. The highest BCUT2D eigenvalue weighted by Gasteiger charge is 2.22. The summed E-state index contributed by atoms with van der Waals surface area (Å²) in [6.07, 6.45) is 1.92. The number of nitrogens with zero attached hydrogens (tertiary/aromatic N) is 5. The first-order valence-electron chi connectivity index (χ1n) is 9.92. The third kappa shape index (κ3) is 5.45. The van der Waals surface area contributed by atoms with Crippen LogP contribution in [0.15, 0.2) is 35.3 Å². The predicted molar refractivity (Wildman–Crippen MR) is 112 cm³/mol. The second-order valence-electron chi connectivity index (χ2n) is 6.96. The van der Waals surface area contributed by atoms with Crippen molar-refractivity contribution < 1.29 is 4.74 Å². The lowest BCUT2D eigenvalue weighted by molar-refractivity contribution is 0.177. The van der Waals surface area contributed by atoms with Gasteiger partial charge in [0.1, 0.15) is 12.4 Å². The van der Waals surface area contributed by atoms with Crippen LogP contribution >= 0.6 is 0 Å². The molecule has 0 bridgehead atoms. The van der Waals surface area contributed by atoms with E-state index in [0.717, 1.165) is 56.6 Å². The molecule has 1 atom stereocenters. The Bertz CT molecular complexity index is 759. The highest BCUT2D eigenvalue weighted by Crippen LogP contribution is 2.13. The van der Waals surface area contributed by atoms with Gasteiger partial charge in [-0.25, -0.2) is 9.67 Å². The number of hydrogen-bond donors (Lipinski definition) is 2. The number of likely N-dealkylation sites (N-methyl/N-ethyl adjacent to an activating group) is 1. The van der Waals surface area contributed by atoms with E-state index < -0.39 is 0 Å². The number of fused-ring (bicyclic) bond motifs is 1. The average Bonchev–Trinajstić information content (AvgIpc) is 3.10. The van der Waals surface area contributed by atoms with Gasteiger partial charge >= 0.3 is 0 Å². The Labute approximate surface area is 167 Å². The van der Waals surface area contributed by atoms with Crippen molar-refractivity contribution in [1.82, 2.24) is 25.4 Å². The summed E-state index contributed by atoms with van der Waals surface area (Å²) in [5, 5.41) is 11.4. The molecule has 3 rings (SSSR count). The van der Waals surface area contributed by atoms with Gasteiger partial charge in [-0.05, 0) is 25.5 Å². The van der Waals surface area contributed by atoms with Crippen LogP contribution in [0.2, 0.25) is 0 Å². The van der Waals surface area contributed by atoms with Crippen LogP contribution in [0.3, 0.4) is 0 Å². The number of aryl methyl sites for hydroxylation is 1. The number of hydrogen-bond acceptors (Lipinski definition) is 5. The van der Waals surface area contributed by atoms with Gasteiger partial charge in [-0.2, -0.15) is 5.10 Å². The summed E-state index contributed by atoms with van der Waals surface area (Å²) in [7, 11) is 3.76. The monoisotopic (exact) mass is 385 g/mol. The number of aliphatic imine (C=N–C) groups is 1. The number of aromatic nitrogens is 3. The summed E-state index contributed by atoms with van der Waals surface area (Å²) in [6, 6.07) is 10.7. The smallest absolute Gasteiger partial charge is 0.191 e. The van der Waals surface area contributed by atoms with Crippen molar-refractivity contribution in [3.05, 3.63) is 42.0 Å². The minimum atomic E-state index is 0.286. The van der Waals surface area contributed by atoms with Gasteiger partial charge < -0.3 is 20.3 Å². The first-order valence-corrected chi connectivity index (χ1v) is 9.92. The zero-order valence-electron chi connectivity index (χ0n) is 17.1. The van der Waals surface area contributed by atoms with Crippen LogP contribution in [-0.4, -0.2) is 60.6 Å². The number of benzene rings is 1. The topological polar surface area (TPSA) is 79.6 Å². The zero-order chi connectivity index (χ0) is 19.8. The number of rotatable bonds is 8. The molecule has 28 heavy (non-hydrogen) atoms. The van der Waals surface area contributed by atoms with Gasteiger partial charge in [-0.15, -0.1) is 0 Å². The normalized spacial score (nSPS) is 16.5. The zero-order valence-corrected chi connectivity index (χ0v) is 17.1.